The molecule has 1 aliphatic rings. The molecule has 2 amide bonds. The number of nitrogens with zero attached hydrogens (tertiary/aromatic N) is 2. The van der Waals surface area contributed by atoms with E-state index < -0.39 is 11.2 Å². The highest BCUT2D eigenvalue weighted by atomic mass is 79.9. The molecule has 0 aliphatic carbocycles. The lowest BCUT2D eigenvalue weighted by Gasteiger charge is -2.18. The zero-order chi connectivity index (χ0) is 20.3. The van der Waals surface area contributed by atoms with Gasteiger partial charge in [-0.2, -0.15) is 5.26 Å². The van der Waals surface area contributed by atoms with Gasteiger partial charge in [-0.1, -0.05) is 51.4 Å². The van der Waals surface area contributed by atoms with Gasteiger partial charge in [0.05, 0.1) is 5.25 Å². The lowest BCUT2D eigenvalue weighted by molar-refractivity contribution is -0.117. The van der Waals surface area contributed by atoms with Crippen molar-refractivity contribution in [2.75, 3.05) is 11.9 Å². The van der Waals surface area contributed by atoms with Gasteiger partial charge in [-0.25, -0.2) is 0 Å². The number of rotatable bonds is 4. The summed E-state index contributed by atoms with van der Waals surface area (Å²) in [5.74, 6) is -0.706. The number of carbonyl (C=O) groups excluding carboxylic acids is 2. The third-order valence-electron chi connectivity index (χ3n) is 4.15. The van der Waals surface area contributed by atoms with Crippen LogP contribution in [0.15, 0.2) is 63.6 Å². The first kappa shape index (κ1) is 20.5. The molecule has 1 fully saturated rings. The third kappa shape index (κ3) is 4.25. The summed E-state index contributed by atoms with van der Waals surface area (Å²) in [6.07, 6.45) is 0.483. The zero-order valence-electron chi connectivity index (χ0n) is 14.8. The summed E-state index contributed by atoms with van der Waals surface area (Å²) in [6, 6.07) is 16.4. The molecule has 0 bridgehead atoms. The van der Waals surface area contributed by atoms with Crippen LogP contribution >= 0.6 is 39.3 Å². The van der Waals surface area contributed by atoms with Crippen LogP contribution in [0.3, 0.4) is 0 Å². The van der Waals surface area contributed by atoms with Gasteiger partial charge >= 0.3 is 0 Å². The topological polar surface area (TPSA) is 73.2 Å². The molecule has 1 aliphatic heterocycles. The van der Waals surface area contributed by atoms with E-state index in [0.717, 1.165) is 10.0 Å². The number of carbonyl (C=O) groups is 2. The molecule has 8 heteroatoms. The molecule has 5 nitrogen and oxygen atoms in total. The summed E-state index contributed by atoms with van der Waals surface area (Å²) < 4.78 is 0.955. The van der Waals surface area contributed by atoms with Crippen molar-refractivity contribution >= 4 is 56.8 Å². The third-order valence-corrected chi connectivity index (χ3v) is 6.20. The van der Waals surface area contributed by atoms with Crippen molar-refractivity contribution in [3.63, 3.8) is 0 Å². The van der Waals surface area contributed by atoms with E-state index in [2.05, 4.69) is 21.2 Å². The first-order chi connectivity index (χ1) is 13.4. The molecule has 2 aromatic rings. The number of thioether (sulfide) groups is 1. The van der Waals surface area contributed by atoms with Crippen molar-refractivity contribution in [3.8, 4) is 6.07 Å². The van der Waals surface area contributed by atoms with Gasteiger partial charge in [0, 0.05) is 22.2 Å². The van der Waals surface area contributed by atoms with Gasteiger partial charge in [-0.15, -0.1) is 0 Å². The number of hydrogen-bond donors (Lipinski definition) is 1. The van der Waals surface area contributed by atoms with Crippen molar-refractivity contribution in [1.29, 1.82) is 5.26 Å². The fraction of sp³-hybridized carbons (Fsp3) is 0.150. The Bertz CT molecular complexity index is 984. The van der Waals surface area contributed by atoms with E-state index in [1.54, 1.807) is 24.3 Å². The monoisotopic (exact) mass is 475 g/mol. The molecule has 1 N–H and O–H groups in total. The lowest BCUT2D eigenvalue weighted by atomic mass is 10.1. The normalized spacial score (nSPS) is 18.0. The quantitative estimate of drug-likeness (QED) is 0.528. The van der Waals surface area contributed by atoms with Crippen LogP contribution in [-0.4, -0.2) is 24.1 Å². The van der Waals surface area contributed by atoms with Crippen molar-refractivity contribution < 1.29 is 9.59 Å². The van der Waals surface area contributed by atoms with Crippen molar-refractivity contribution in [2.24, 2.45) is 0 Å². The van der Waals surface area contributed by atoms with Gasteiger partial charge in [0.15, 0.2) is 0 Å². The highest BCUT2D eigenvalue weighted by Gasteiger charge is 2.40. The number of benzene rings is 2. The van der Waals surface area contributed by atoms with Crippen molar-refractivity contribution in [2.45, 2.75) is 11.7 Å². The minimum absolute atomic E-state index is 0.0888. The van der Waals surface area contributed by atoms with Gasteiger partial charge in [-0.05, 0) is 48.4 Å². The molecule has 1 heterocycles. The fourth-order valence-electron chi connectivity index (χ4n) is 2.77. The Balaban J connectivity index is 2.03. The predicted molar refractivity (Wildman–Crippen MR) is 115 cm³/mol. The molecule has 3 rings (SSSR count). The molecule has 0 spiro atoms. The standard InChI is InChI=1S/C20H15BrClN3O2S/c1-24-18(26)16(11-23)20-25(15-8-6-14(22)7-9-15)19(27)17(28-20)10-12-2-4-13(21)5-3-12/h2-9,17H,10H2,1H3,(H,24,26)/b20-16-/t17-/m1/s1. The van der Waals surface area contributed by atoms with Gasteiger partial charge in [0.1, 0.15) is 16.7 Å². The Morgan fingerprint density at radius 1 is 1.25 bits per heavy atom. The Morgan fingerprint density at radius 3 is 2.46 bits per heavy atom. The van der Waals surface area contributed by atoms with Crippen LogP contribution in [-0.2, 0) is 16.0 Å². The molecule has 1 atom stereocenters. The number of halogens is 2. The van der Waals surface area contributed by atoms with Gasteiger partial charge in [0.2, 0.25) is 5.91 Å². The largest absolute Gasteiger partial charge is 0.354 e. The minimum Gasteiger partial charge on any atom is -0.354 e. The summed E-state index contributed by atoms with van der Waals surface area (Å²) >= 11 is 10.6. The second-order valence-corrected chi connectivity index (χ2v) is 8.50. The van der Waals surface area contributed by atoms with Crippen LogP contribution in [0.4, 0.5) is 5.69 Å². The molecule has 0 saturated carbocycles. The molecular formula is C20H15BrClN3O2S. The molecule has 0 aromatic heterocycles. The van der Waals surface area contributed by atoms with Crippen molar-refractivity contribution in [3.05, 3.63) is 74.2 Å². The average Bonchev–Trinajstić information content (AvgIpc) is 3.00. The number of likely N-dealkylation sites (N-methyl/N-ethyl adjacent to an activating group) is 1. The van der Waals surface area contributed by atoms with Crippen LogP contribution in [0.1, 0.15) is 5.56 Å². The molecule has 0 unspecified atom stereocenters. The predicted octanol–water partition coefficient (Wildman–Crippen LogP) is 4.27. The molecule has 2 aromatic carbocycles. The zero-order valence-corrected chi connectivity index (χ0v) is 17.9. The molecule has 142 valence electrons. The van der Waals surface area contributed by atoms with E-state index in [9.17, 15) is 14.9 Å². The smallest absolute Gasteiger partial charge is 0.264 e. The average molecular weight is 477 g/mol. The Hall–Kier alpha value is -2.27. The second-order valence-electron chi connectivity index (χ2n) is 5.96. The number of nitriles is 1. The van der Waals surface area contributed by atoms with E-state index in [1.807, 2.05) is 30.3 Å². The first-order valence-electron chi connectivity index (χ1n) is 8.31. The maximum absolute atomic E-state index is 13.2. The molecular weight excluding hydrogens is 462 g/mol. The van der Waals surface area contributed by atoms with E-state index in [1.165, 1.54) is 23.7 Å². The lowest BCUT2D eigenvalue weighted by Crippen LogP contribution is -2.31. The molecule has 28 heavy (non-hydrogen) atoms. The van der Waals surface area contributed by atoms with Gasteiger partial charge < -0.3 is 5.32 Å². The van der Waals surface area contributed by atoms with Gasteiger partial charge in [-0.3, -0.25) is 14.5 Å². The van der Waals surface area contributed by atoms with E-state index in [4.69, 9.17) is 11.6 Å². The molecule has 0 radical (unpaired) electrons. The summed E-state index contributed by atoms with van der Waals surface area (Å²) in [4.78, 5) is 26.8. The van der Waals surface area contributed by atoms with E-state index in [0.29, 0.717) is 22.2 Å². The Labute approximate surface area is 180 Å². The fourth-order valence-corrected chi connectivity index (χ4v) is 4.47. The molecule has 1 saturated heterocycles. The Kier molecular flexibility index (Phi) is 6.45. The summed E-state index contributed by atoms with van der Waals surface area (Å²) in [5.41, 5.74) is 1.46. The van der Waals surface area contributed by atoms with Crippen LogP contribution in [0.5, 0.6) is 0 Å². The summed E-state index contributed by atoms with van der Waals surface area (Å²) in [6.45, 7) is 0. The number of anilines is 1. The maximum atomic E-state index is 13.2. The maximum Gasteiger partial charge on any atom is 0.264 e. The van der Waals surface area contributed by atoms with E-state index in [-0.39, 0.29) is 11.5 Å². The van der Waals surface area contributed by atoms with E-state index >= 15 is 0 Å². The van der Waals surface area contributed by atoms with Crippen molar-refractivity contribution in [1.82, 2.24) is 5.32 Å². The second kappa shape index (κ2) is 8.82. The van der Waals surface area contributed by atoms with Crippen LogP contribution in [0, 0.1) is 11.3 Å². The SMILES string of the molecule is CNC(=O)/C(C#N)=C1\S[C@H](Cc2ccc(Br)cc2)C(=O)N1c1ccc(Cl)cc1. The number of amides is 2. The number of hydrogen-bond acceptors (Lipinski definition) is 4. The van der Waals surface area contributed by atoms with Gasteiger partial charge in [0.25, 0.3) is 5.91 Å². The Morgan fingerprint density at radius 2 is 1.89 bits per heavy atom. The highest BCUT2D eigenvalue weighted by Crippen LogP contribution is 2.42. The highest BCUT2D eigenvalue weighted by molar-refractivity contribution is 9.10. The first-order valence-corrected chi connectivity index (χ1v) is 10.4. The summed E-state index contributed by atoms with van der Waals surface area (Å²) in [5, 5.41) is 12.4. The summed E-state index contributed by atoms with van der Waals surface area (Å²) in [7, 11) is 1.45. The van der Waals surface area contributed by atoms with Crippen LogP contribution in [0.2, 0.25) is 5.02 Å². The van der Waals surface area contributed by atoms with Crippen LogP contribution < -0.4 is 10.2 Å². The number of nitrogens with one attached hydrogen (secondary N) is 1. The van der Waals surface area contributed by atoms with Crippen LogP contribution in [0.25, 0.3) is 0 Å². The minimum atomic E-state index is -0.527.